The van der Waals surface area contributed by atoms with Gasteiger partial charge in [-0.25, -0.2) is 0 Å². The zero-order valence-corrected chi connectivity index (χ0v) is 13.5. The zero-order chi connectivity index (χ0) is 15.1. The van der Waals surface area contributed by atoms with Crippen LogP contribution in [0.5, 0.6) is 0 Å². The molecule has 0 saturated heterocycles. The number of fused-ring (bicyclic) bond motifs is 1. The summed E-state index contributed by atoms with van der Waals surface area (Å²) in [4.78, 5) is 15.0. The first-order valence-electron chi connectivity index (χ1n) is 7.24. The summed E-state index contributed by atoms with van der Waals surface area (Å²) in [6.07, 6.45) is 0.432. The number of ether oxygens (including phenoxy) is 2. The SMILES string of the molecule is COCCN(CCC(=O)OC)CC1CSc2ccccc21. The zero-order valence-electron chi connectivity index (χ0n) is 12.7. The second kappa shape index (κ2) is 8.41. The number of esters is 1. The fourth-order valence-electron chi connectivity index (χ4n) is 2.56. The number of carbonyl (C=O) groups is 1. The van der Waals surface area contributed by atoms with Crippen LogP contribution in [0, 0.1) is 0 Å². The first kappa shape index (κ1) is 16.3. The minimum atomic E-state index is -0.154. The highest BCUT2D eigenvalue weighted by Crippen LogP contribution is 2.39. The second-order valence-corrected chi connectivity index (χ2v) is 6.23. The molecule has 116 valence electrons. The predicted octanol–water partition coefficient (Wildman–Crippen LogP) is 2.39. The van der Waals surface area contributed by atoms with Gasteiger partial charge in [-0.3, -0.25) is 9.69 Å². The van der Waals surface area contributed by atoms with E-state index in [2.05, 4.69) is 29.2 Å². The van der Waals surface area contributed by atoms with Crippen molar-refractivity contribution in [2.24, 2.45) is 0 Å². The molecule has 1 atom stereocenters. The highest BCUT2D eigenvalue weighted by atomic mass is 32.2. The van der Waals surface area contributed by atoms with E-state index in [1.54, 1.807) is 7.11 Å². The van der Waals surface area contributed by atoms with Crippen molar-refractivity contribution >= 4 is 17.7 Å². The van der Waals surface area contributed by atoms with Gasteiger partial charge in [0, 0.05) is 43.3 Å². The number of thioether (sulfide) groups is 1. The molecule has 1 aromatic rings. The Labute approximate surface area is 130 Å². The molecule has 21 heavy (non-hydrogen) atoms. The van der Waals surface area contributed by atoms with Crippen molar-refractivity contribution in [3.63, 3.8) is 0 Å². The van der Waals surface area contributed by atoms with Crippen molar-refractivity contribution < 1.29 is 14.3 Å². The van der Waals surface area contributed by atoms with Gasteiger partial charge in [0.2, 0.25) is 0 Å². The summed E-state index contributed by atoms with van der Waals surface area (Å²) in [5.74, 6) is 1.49. The molecule has 1 aliphatic heterocycles. The predicted molar refractivity (Wildman–Crippen MR) is 84.9 cm³/mol. The normalized spacial score (nSPS) is 17.0. The van der Waals surface area contributed by atoms with Crippen molar-refractivity contribution in [3.05, 3.63) is 29.8 Å². The van der Waals surface area contributed by atoms with E-state index >= 15 is 0 Å². The summed E-state index contributed by atoms with van der Waals surface area (Å²) < 4.78 is 9.91. The molecule has 0 amide bonds. The third kappa shape index (κ3) is 4.73. The van der Waals surface area contributed by atoms with Gasteiger partial charge in [-0.15, -0.1) is 11.8 Å². The van der Waals surface area contributed by atoms with Crippen LogP contribution in [-0.4, -0.2) is 57.1 Å². The van der Waals surface area contributed by atoms with Crippen LogP contribution >= 0.6 is 11.8 Å². The number of hydrogen-bond donors (Lipinski definition) is 0. The first-order valence-corrected chi connectivity index (χ1v) is 8.23. The molecule has 0 bridgehead atoms. The molecule has 0 aliphatic carbocycles. The molecule has 0 fully saturated rings. The second-order valence-electron chi connectivity index (χ2n) is 5.17. The molecule has 0 aromatic heterocycles. The third-order valence-electron chi connectivity index (χ3n) is 3.75. The summed E-state index contributed by atoms with van der Waals surface area (Å²) in [6.45, 7) is 3.21. The van der Waals surface area contributed by atoms with Crippen LogP contribution in [0.1, 0.15) is 17.9 Å². The van der Waals surface area contributed by atoms with Crippen LogP contribution in [-0.2, 0) is 14.3 Å². The molecule has 4 nitrogen and oxygen atoms in total. The first-order chi connectivity index (χ1) is 10.2. The Balaban J connectivity index is 1.93. The maximum Gasteiger partial charge on any atom is 0.306 e. The highest BCUT2D eigenvalue weighted by molar-refractivity contribution is 7.99. The highest BCUT2D eigenvalue weighted by Gasteiger charge is 2.24. The van der Waals surface area contributed by atoms with E-state index in [0.717, 1.165) is 25.4 Å². The average molecular weight is 309 g/mol. The lowest BCUT2D eigenvalue weighted by atomic mass is 10.0. The molecule has 1 heterocycles. The fraction of sp³-hybridized carbons (Fsp3) is 0.562. The topological polar surface area (TPSA) is 38.8 Å². The average Bonchev–Trinajstić information content (AvgIpc) is 2.92. The van der Waals surface area contributed by atoms with Gasteiger partial charge in [0.15, 0.2) is 0 Å². The van der Waals surface area contributed by atoms with E-state index in [4.69, 9.17) is 9.47 Å². The number of rotatable bonds is 8. The van der Waals surface area contributed by atoms with Crippen molar-refractivity contribution in [1.29, 1.82) is 0 Å². The van der Waals surface area contributed by atoms with Crippen LogP contribution in [0.15, 0.2) is 29.2 Å². The Kier molecular flexibility index (Phi) is 6.54. The monoisotopic (exact) mass is 309 g/mol. The number of methoxy groups -OCH3 is 2. The van der Waals surface area contributed by atoms with Gasteiger partial charge in [-0.05, 0) is 11.6 Å². The molecular weight excluding hydrogens is 286 g/mol. The Morgan fingerprint density at radius 3 is 2.90 bits per heavy atom. The van der Waals surface area contributed by atoms with Gasteiger partial charge >= 0.3 is 5.97 Å². The van der Waals surface area contributed by atoms with E-state index in [1.165, 1.54) is 17.6 Å². The smallest absolute Gasteiger partial charge is 0.306 e. The lowest BCUT2D eigenvalue weighted by Gasteiger charge is -2.25. The number of nitrogens with zero attached hydrogens (tertiary/aromatic N) is 1. The van der Waals surface area contributed by atoms with Crippen LogP contribution in [0.2, 0.25) is 0 Å². The van der Waals surface area contributed by atoms with Gasteiger partial charge < -0.3 is 9.47 Å². The Morgan fingerprint density at radius 2 is 2.14 bits per heavy atom. The lowest BCUT2D eigenvalue weighted by Crippen LogP contribution is -2.34. The van der Waals surface area contributed by atoms with Crippen molar-refractivity contribution in [1.82, 2.24) is 4.90 Å². The third-order valence-corrected chi connectivity index (χ3v) is 5.00. The number of benzene rings is 1. The van der Waals surface area contributed by atoms with Gasteiger partial charge in [0.25, 0.3) is 0 Å². The van der Waals surface area contributed by atoms with Gasteiger partial charge in [-0.2, -0.15) is 0 Å². The Bertz CT molecular complexity index is 467. The van der Waals surface area contributed by atoms with Crippen LogP contribution in [0.25, 0.3) is 0 Å². The van der Waals surface area contributed by atoms with Gasteiger partial charge in [0.05, 0.1) is 20.1 Å². The van der Waals surface area contributed by atoms with Crippen molar-refractivity contribution in [2.45, 2.75) is 17.2 Å². The maximum absolute atomic E-state index is 11.3. The largest absolute Gasteiger partial charge is 0.469 e. The summed E-state index contributed by atoms with van der Waals surface area (Å²) in [5, 5.41) is 0. The minimum absolute atomic E-state index is 0.154. The Hall–Kier alpha value is -1.04. The van der Waals surface area contributed by atoms with E-state index in [1.807, 2.05) is 11.8 Å². The molecule has 1 aromatic carbocycles. The fourth-order valence-corrected chi connectivity index (χ4v) is 3.80. The van der Waals surface area contributed by atoms with Crippen LogP contribution < -0.4 is 0 Å². The van der Waals surface area contributed by atoms with Gasteiger partial charge in [-0.1, -0.05) is 18.2 Å². The maximum atomic E-state index is 11.3. The molecular formula is C16H23NO3S. The number of carbonyl (C=O) groups excluding carboxylic acids is 1. The summed E-state index contributed by atoms with van der Waals surface area (Å²) in [6, 6.07) is 8.60. The lowest BCUT2D eigenvalue weighted by molar-refractivity contribution is -0.141. The van der Waals surface area contributed by atoms with E-state index in [9.17, 15) is 4.79 Å². The van der Waals surface area contributed by atoms with Crippen molar-refractivity contribution in [2.75, 3.05) is 46.2 Å². The summed E-state index contributed by atoms with van der Waals surface area (Å²) in [5.41, 5.74) is 1.43. The van der Waals surface area contributed by atoms with Crippen LogP contribution in [0.4, 0.5) is 0 Å². The van der Waals surface area contributed by atoms with Crippen LogP contribution in [0.3, 0.4) is 0 Å². The molecule has 0 saturated carbocycles. The number of hydrogen-bond acceptors (Lipinski definition) is 5. The molecule has 2 rings (SSSR count). The molecule has 1 unspecified atom stereocenters. The molecule has 0 N–H and O–H groups in total. The van der Waals surface area contributed by atoms with E-state index < -0.39 is 0 Å². The molecule has 0 radical (unpaired) electrons. The van der Waals surface area contributed by atoms with Crippen molar-refractivity contribution in [3.8, 4) is 0 Å². The van der Waals surface area contributed by atoms with Gasteiger partial charge in [0.1, 0.15) is 0 Å². The molecule has 5 heteroatoms. The standard InChI is InChI=1S/C16H23NO3S/c1-19-10-9-17(8-7-16(18)20-2)11-13-12-21-15-6-4-3-5-14(13)15/h3-6,13H,7-12H2,1-2H3. The van der Waals surface area contributed by atoms with E-state index in [0.29, 0.717) is 18.9 Å². The Morgan fingerprint density at radius 1 is 1.33 bits per heavy atom. The van der Waals surface area contributed by atoms with E-state index in [-0.39, 0.29) is 5.97 Å². The minimum Gasteiger partial charge on any atom is -0.469 e. The quantitative estimate of drug-likeness (QED) is 0.690. The summed E-state index contributed by atoms with van der Waals surface area (Å²) >= 11 is 1.92. The molecule has 1 aliphatic rings. The summed E-state index contributed by atoms with van der Waals surface area (Å²) in [7, 11) is 3.14. The molecule has 0 spiro atoms.